The molecule has 0 spiro atoms. The first kappa shape index (κ1) is 13.6. The topological polar surface area (TPSA) is 73.1 Å². The van der Waals surface area contributed by atoms with Gasteiger partial charge in [-0.1, -0.05) is 30.3 Å². The first-order chi connectivity index (χ1) is 9.61. The molecule has 1 atom stereocenters. The monoisotopic (exact) mass is 266 g/mol. The molecule has 0 saturated carbocycles. The number of phenols is 1. The van der Waals surface area contributed by atoms with Crippen molar-refractivity contribution in [1.29, 1.82) is 5.26 Å². The molecule has 0 bridgehead atoms. The third kappa shape index (κ3) is 2.96. The largest absolute Gasteiger partial charge is 0.508 e. The van der Waals surface area contributed by atoms with Gasteiger partial charge in [-0.15, -0.1) is 0 Å². The SMILES string of the molecule is Cc1cc(O)ccc1C(=O)NC(C#N)c1ccccc1. The lowest BCUT2D eigenvalue weighted by Crippen LogP contribution is -2.28. The number of carbonyl (C=O) groups excluding carboxylic acids is 1. The Morgan fingerprint density at radius 1 is 1.25 bits per heavy atom. The summed E-state index contributed by atoms with van der Waals surface area (Å²) in [7, 11) is 0. The van der Waals surface area contributed by atoms with Gasteiger partial charge in [0.1, 0.15) is 11.8 Å². The highest BCUT2D eigenvalue weighted by molar-refractivity contribution is 5.96. The van der Waals surface area contributed by atoms with Crippen molar-refractivity contribution in [3.05, 3.63) is 65.2 Å². The van der Waals surface area contributed by atoms with E-state index in [4.69, 9.17) is 0 Å². The molecule has 1 amide bonds. The summed E-state index contributed by atoms with van der Waals surface area (Å²) in [4.78, 5) is 12.2. The predicted octanol–water partition coefficient (Wildman–Crippen LogP) is 2.70. The van der Waals surface area contributed by atoms with Gasteiger partial charge >= 0.3 is 0 Å². The molecule has 0 heterocycles. The molecule has 2 aromatic carbocycles. The summed E-state index contributed by atoms with van der Waals surface area (Å²) in [6.45, 7) is 1.73. The van der Waals surface area contributed by atoms with Crippen LogP contribution >= 0.6 is 0 Å². The summed E-state index contributed by atoms with van der Waals surface area (Å²) in [5.41, 5.74) is 1.84. The Labute approximate surface area is 117 Å². The Hall–Kier alpha value is -2.80. The summed E-state index contributed by atoms with van der Waals surface area (Å²) in [5.74, 6) is -0.225. The standard InChI is InChI=1S/C16H14N2O2/c1-11-9-13(19)7-8-14(11)16(20)18-15(10-17)12-5-3-2-4-6-12/h2-9,15,19H,1H3,(H,18,20). The van der Waals surface area contributed by atoms with Crippen LogP contribution in [0.15, 0.2) is 48.5 Å². The maximum Gasteiger partial charge on any atom is 0.252 e. The number of aryl methyl sites for hydroxylation is 1. The molecule has 1 unspecified atom stereocenters. The van der Waals surface area contributed by atoms with E-state index in [0.717, 1.165) is 5.56 Å². The molecule has 2 N–H and O–H groups in total. The molecule has 0 radical (unpaired) electrons. The number of rotatable bonds is 3. The third-order valence-corrected chi connectivity index (χ3v) is 2.99. The molecular formula is C16H14N2O2. The van der Waals surface area contributed by atoms with Crippen molar-refractivity contribution >= 4 is 5.91 Å². The Balaban J connectivity index is 2.20. The van der Waals surface area contributed by atoms with E-state index in [1.165, 1.54) is 12.1 Å². The van der Waals surface area contributed by atoms with E-state index in [9.17, 15) is 15.2 Å². The van der Waals surface area contributed by atoms with Crippen LogP contribution in [0.5, 0.6) is 5.75 Å². The average Bonchev–Trinajstić information content (AvgIpc) is 2.45. The number of nitriles is 1. The van der Waals surface area contributed by atoms with Crippen LogP contribution in [0.3, 0.4) is 0 Å². The highest BCUT2D eigenvalue weighted by atomic mass is 16.3. The maximum absolute atomic E-state index is 12.2. The second-order valence-corrected chi connectivity index (χ2v) is 4.45. The van der Waals surface area contributed by atoms with Gasteiger partial charge < -0.3 is 10.4 Å². The second-order valence-electron chi connectivity index (χ2n) is 4.45. The average molecular weight is 266 g/mol. The fourth-order valence-electron chi connectivity index (χ4n) is 1.95. The van der Waals surface area contributed by atoms with Crippen LogP contribution in [0.1, 0.15) is 27.5 Å². The number of hydrogen-bond acceptors (Lipinski definition) is 3. The lowest BCUT2D eigenvalue weighted by Gasteiger charge is -2.13. The summed E-state index contributed by atoms with van der Waals surface area (Å²) >= 11 is 0. The number of amides is 1. The van der Waals surface area contributed by atoms with E-state index in [2.05, 4.69) is 11.4 Å². The van der Waals surface area contributed by atoms with Crippen molar-refractivity contribution < 1.29 is 9.90 Å². The van der Waals surface area contributed by atoms with E-state index < -0.39 is 6.04 Å². The molecule has 4 nitrogen and oxygen atoms in total. The second kappa shape index (κ2) is 5.89. The molecule has 0 aromatic heterocycles. The number of hydrogen-bond donors (Lipinski definition) is 2. The Bertz CT molecular complexity index is 660. The predicted molar refractivity (Wildman–Crippen MR) is 75.1 cm³/mol. The summed E-state index contributed by atoms with van der Waals surface area (Å²) in [6.07, 6.45) is 0. The van der Waals surface area contributed by atoms with Crippen LogP contribution in [0.4, 0.5) is 0 Å². The lowest BCUT2D eigenvalue weighted by molar-refractivity contribution is 0.0944. The first-order valence-electron chi connectivity index (χ1n) is 6.17. The van der Waals surface area contributed by atoms with Gasteiger partial charge in [-0.25, -0.2) is 0 Å². The van der Waals surface area contributed by atoms with Crippen LogP contribution in [-0.2, 0) is 0 Å². The normalized spacial score (nSPS) is 11.4. The quantitative estimate of drug-likeness (QED) is 0.897. The number of aromatic hydroxyl groups is 1. The minimum Gasteiger partial charge on any atom is -0.508 e. The smallest absolute Gasteiger partial charge is 0.252 e. The third-order valence-electron chi connectivity index (χ3n) is 2.99. The zero-order chi connectivity index (χ0) is 14.5. The molecule has 100 valence electrons. The van der Waals surface area contributed by atoms with Crippen molar-refractivity contribution in [2.45, 2.75) is 13.0 Å². The van der Waals surface area contributed by atoms with Crippen LogP contribution in [0.25, 0.3) is 0 Å². The Kier molecular flexibility index (Phi) is 4.02. The van der Waals surface area contributed by atoms with Crippen LogP contribution in [0, 0.1) is 18.3 Å². The molecule has 2 aromatic rings. The van der Waals surface area contributed by atoms with Crippen molar-refractivity contribution in [2.24, 2.45) is 0 Å². The molecular weight excluding hydrogens is 252 g/mol. The van der Waals surface area contributed by atoms with Gasteiger partial charge in [0.15, 0.2) is 0 Å². The number of nitrogens with one attached hydrogen (secondary N) is 1. The number of nitrogens with zero attached hydrogens (tertiary/aromatic N) is 1. The van der Waals surface area contributed by atoms with Crippen LogP contribution in [0.2, 0.25) is 0 Å². The minimum atomic E-state index is -0.697. The zero-order valence-electron chi connectivity index (χ0n) is 11.0. The van der Waals surface area contributed by atoms with E-state index in [-0.39, 0.29) is 11.7 Å². The highest BCUT2D eigenvalue weighted by Gasteiger charge is 2.16. The van der Waals surface area contributed by atoms with E-state index in [1.807, 2.05) is 18.2 Å². The van der Waals surface area contributed by atoms with E-state index in [0.29, 0.717) is 11.1 Å². The van der Waals surface area contributed by atoms with Gasteiger partial charge in [0.05, 0.1) is 6.07 Å². The van der Waals surface area contributed by atoms with Crippen LogP contribution in [-0.4, -0.2) is 11.0 Å². The van der Waals surface area contributed by atoms with Gasteiger partial charge in [-0.05, 0) is 36.2 Å². The highest BCUT2D eigenvalue weighted by Crippen LogP contribution is 2.17. The molecule has 0 fully saturated rings. The number of benzene rings is 2. The molecule has 0 aliphatic heterocycles. The maximum atomic E-state index is 12.2. The summed E-state index contributed by atoms with van der Waals surface area (Å²) in [6, 6.07) is 14.9. The van der Waals surface area contributed by atoms with Crippen molar-refractivity contribution in [3.8, 4) is 11.8 Å². The molecule has 0 aliphatic carbocycles. The van der Waals surface area contributed by atoms with Crippen molar-refractivity contribution in [3.63, 3.8) is 0 Å². The van der Waals surface area contributed by atoms with Crippen LogP contribution < -0.4 is 5.32 Å². The van der Waals surface area contributed by atoms with Gasteiger partial charge in [-0.3, -0.25) is 4.79 Å². The molecule has 0 aliphatic rings. The van der Waals surface area contributed by atoms with Gasteiger partial charge in [0.25, 0.3) is 5.91 Å². The molecule has 2 rings (SSSR count). The van der Waals surface area contributed by atoms with E-state index in [1.54, 1.807) is 25.1 Å². The van der Waals surface area contributed by atoms with Gasteiger partial charge in [0.2, 0.25) is 0 Å². The lowest BCUT2D eigenvalue weighted by atomic mass is 10.1. The van der Waals surface area contributed by atoms with Gasteiger partial charge in [0, 0.05) is 5.56 Å². The van der Waals surface area contributed by atoms with Crippen molar-refractivity contribution in [2.75, 3.05) is 0 Å². The van der Waals surface area contributed by atoms with E-state index >= 15 is 0 Å². The van der Waals surface area contributed by atoms with Crippen molar-refractivity contribution in [1.82, 2.24) is 5.32 Å². The number of carbonyl (C=O) groups is 1. The minimum absolute atomic E-state index is 0.110. The molecule has 0 saturated heterocycles. The summed E-state index contributed by atoms with van der Waals surface area (Å²) < 4.78 is 0. The fraction of sp³-hybridized carbons (Fsp3) is 0.125. The summed E-state index contributed by atoms with van der Waals surface area (Å²) in [5, 5.41) is 21.2. The number of phenolic OH excluding ortho intramolecular Hbond substituents is 1. The molecule has 20 heavy (non-hydrogen) atoms. The Morgan fingerprint density at radius 2 is 1.95 bits per heavy atom. The zero-order valence-corrected chi connectivity index (χ0v) is 11.0. The van der Waals surface area contributed by atoms with Gasteiger partial charge in [-0.2, -0.15) is 5.26 Å². The fourth-order valence-corrected chi connectivity index (χ4v) is 1.95. The Morgan fingerprint density at radius 3 is 2.55 bits per heavy atom. The first-order valence-corrected chi connectivity index (χ1v) is 6.17. The molecule has 4 heteroatoms.